The van der Waals surface area contributed by atoms with E-state index in [9.17, 15) is 18.0 Å². The lowest BCUT2D eigenvalue weighted by Crippen LogP contribution is -2.27. The van der Waals surface area contributed by atoms with E-state index in [1.165, 1.54) is 11.9 Å². The highest BCUT2D eigenvalue weighted by Gasteiger charge is 2.28. The van der Waals surface area contributed by atoms with Crippen LogP contribution in [0, 0.1) is 0 Å². The van der Waals surface area contributed by atoms with Crippen molar-refractivity contribution < 1.29 is 18.0 Å². The quantitative estimate of drug-likeness (QED) is 0.903. The molecule has 0 radical (unpaired) electrons. The monoisotopic (exact) mass is 260 g/mol. The highest BCUT2D eigenvalue weighted by Crippen LogP contribution is 2.23. The van der Waals surface area contributed by atoms with E-state index in [4.69, 9.17) is 5.73 Å². The van der Waals surface area contributed by atoms with Crippen molar-refractivity contribution in [3.63, 3.8) is 0 Å². The van der Waals surface area contributed by atoms with Crippen LogP contribution in [0.2, 0.25) is 0 Å². The highest BCUT2D eigenvalue weighted by atomic mass is 19.4. The first-order chi connectivity index (χ1) is 8.33. The molecule has 2 N–H and O–H groups in total. The van der Waals surface area contributed by atoms with E-state index >= 15 is 0 Å². The molecule has 3 nitrogen and oxygen atoms in total. The lowest BCUT2D eigenvalue weighted by Gasteiger charge is -2.18. The summed E-state index contributed by atoms with van der Waals surface area (Å²) in [5.41, 5.74) is 6.88. The molecule has 100 valence electrons. The Hall–Kier alpha value is -1.56. The van der Waals surface area contributed by atoms with Gasteiger partial charge in [-0.05, 0) is 17.7 Å². The van der Waals surface area contributed by atoms with E-state index < -0.39 is 24.9 Å². The van der Waals surface area contributed by atoms with Gasteiger partial charge in [0, 0.05) is 25.7 Å². The van der Waals surface area contributed by atoms with Gasteiger partial charge in [0.05, 0.1) is 6.42 Å². The summed E-state index contributed by atoms with van der Waals surface area (Å²) in [6, 6.07) is 6.80. The van der Waals surface area contributed by atoms with Crippen molar-refractivity contribution in [2.45, 2.75) is 25.6 Å². The number of hydrogen-bond donors (Lipinski definition) is 1. The number of halogens is 3. The standard InChI is InChI=1S/C12H15F3N2O/c1-17(11(18)6-7-12(13,14)15)10-4-2-9(8-16)3-5-10/h2-5H,6-8,16H2,1H3. The van der Waals surface area contributed by atoms with Crippen LogP contribution < -0.4 is 10.6 Å². The van der Waals surface area contributed by atoms with Gasteiger partial charge in [-0.25, -0.2) is 0 Å². The fourth-order valence-electron chi connectivity index (χ4n) is 1.42. The summed E-state index contributed by atoms with van der Waals surface area (Å²) in [5, 5.41) is 0. The zero-order valence-corrected chi connectivity index (χ0v) is 10.00. The van der Waals surface area contributed by atoms with Crippen LogP contribution in [-0.2, 0) is 11.3 Å². The second kappa shape index (κ2) is 5.86. The van der Waals surface area contributed by atoms with Gasteiger partial charge in [0.1, 0.15) is 0 Å². The third-order valence-corrected chi connectivity index (χ3v) is 2.56. The molecular formula is C12H15F3N2O. The van der Waals surface area contributed by atoms with Crippen LogP contribution in [0.15, 0.2) is 24.3 Å². The van der Waals surface area contributed by atoms with Crippen molar-refractivity contribution in [3.8, 4) is 0 Å². The molecule has 1 aromatic carbocycles. The molecule has 0 bridgehead atoms. The molecule has 0 saturated heterocycles. The lowest BCUT2D eigenvalue weighted by atomic mass is 10.2. The first-order valence-electron chi connectivity index (χ1n) is 5.46. The van der Waals surface area contributed by atoms with E-state index in [0.29, 0.717) is 12.2 Å². The molecule has 0 aliphatic heterocycles. The molecule has 0 saturated carbocycles. The third-order valence-electron chi connectivity index (χ3n) is 2.56. The van der Waals surface area contributed by atoms with E-state index in [1.54, 1.807) is 24.3 Å². The van der Waals surface area contributed by atoms with E-state index in [0.717, 1.165) is 5.56 Å². The molecule has 1 amide bonds. The number of rotatable bonds is 4. The molecular weight excluding hydrogens is 245 g/mol. The normalized spacial score (nSPS) is 11.4. The van der Waals surface area contributed by atoms with Gasteiger partial charge in [0.25, 0.3) is 0 Å². The Balaban J connectivity index is 2.62. The van der Waals surface area contributed by atoms with Crippen LogP contribution in [0.5, 0.6) is 0 Å². The number of amides is 1. The van der Waals surface area contributed by atoms with Gasteiger partial charge >= 0.3 is 6.18 Å². The summed E-state index contributed by atoms with van der Waals surface area (Å²) >= 11 is 0. The highest BCUT2D eigenvalue weighted by molar-refractivity contribution is 5.92. The average molecular weight is 260 g/mol. The molecule has 0 aromatic heterocycles. The van der Waals surface area contributed by atoms with Gasteiger partial charge in [-0.15, -0.1) is 0 Å². The van der Waals surface area contributed by atoms with Crippen LogP contribution in [-0.4, -0.2) is 19.1 Å². The molecule has 0 unspecified atom stereocenters. The number of nitrogens with two attached hydrogens (primary N) is 1. The van der Waals surface area contributed by atoms with Gasteiger partial charge in [0.15, 0.2) is 0 Å². The van der Waals surface area contributed by atoms with Gasteiger partial charge in [-0.2, -0.15) is 13.2 Å². The predicted octanol–water partition coefficient (Wildman–Crippen LogP) is 2.45. The zero-order valence-electron chi connectivity index (χ0n) is 10.00. The van der Waals surface area contributed by atoms with Crippen molar-refractivity contribution >= 4 is 11.6 Å². The molecule has 1 rings (SSSR count). The Morgan fingerprint density at radius 2 is 1.83 bits per heavy atom. The number of anilines is 1. The summed E-state index contributed by atoms with van der Waals surface area (Å²) in [5.74, 6) is -0.562. The van der Waals surface area contributed by atoms with Gasteiger partial charge in [-0.3, -0.25) is 4.79 Å². The Bertz CT molecular complexity index is 401. The lowest BCUT2D eigenvalue weighted by molar-refractivity contribution is -0.142. The fourth-order valence-corrected chi connectivity index (χ4v) is 1.42. The molecule has 0 atom stereocenters. The Morgan fingerprint density at radius 1 is 1.28 bits per heavy atom. The molecule has 0 heterocycles. The number of carbonyl (C=O) groups excluding carboxylic acids is 1. The molecule has 0 aliphatic carbocycles. The topological polar surface area (TPSA) is 46.3 Å². The second-order valence-electron chi connectivity index (χ2n) is 3.94. The van der Waals surface area contributed by atoms with Crippen molar-refractivity contribution in [3.05, 3.63) is 29.8 Å². The van der Waals surface area contributed by atoms with Crippen LogP contribution in [0.4, 0.5) is 18.9 Å². The number of hydrogen-bond acceptors (Lipinski definition) is 2. The molecule has 18 heavy (non-hydrogen) atoms. The third kappa shape index (κ3) is 4.37. The minimum absolute atomic E-state index is 0.381. The average Bonchev–Trinajstić information content (AvgIpc) is 2.34. The molecule has 0 aliphatic rings. The second-order valence-corrected chi connectivity index (χ2v) is 3.94. The Kier molecular flexibility index (Phi) is 4.72. The number of carbonyl (C=O) groups is 1. The largest absolute Gasteiger partial charge is 0.389 e. The first kappa shape index (κ1) is 14.5. The molecule has 0 fully saturated rings. The molecule has 6 heteroatoms. The first-order valence-corrected chi connectivity index (χ1v) is 5.46. The van der Waals surface area contributed by atoms with Crippen LogP contribution in [0.25, 0.3) is 0 Å². The Labute approximate surface area is 103 Å². The van der Waals surface area contributed by atoms with Crippen molar-refractivity contribution in [2.75, 3.05) is 11.9 Å². The van der Waals surface area contributed by atoms with Crippen molar-refractivity contribution in [1.82, 2.24) is 0 Å². The van der Waals surface area contributed by atoms with E-state index in [-0.39, 0.29) is 0 Å². The van der Waals surface area contributed by atoms with Crippen LogP contribution in [0.3, 0.4) is 0 Å². The van der Waals surface area contributed by atoms with E-state index in [1.807, 2.05) is 0 Å². The van der Waals surface area contributed by atoms with Gasteiger partial charge < -0.3 is 10.6 Å². The van der Waals surface area contributed by atoms with Crippen molar-refractivity contribution in [1.29, 1.82) is 0 Å². The molecule has 1 aromatic rings. The minimum Gasteiger partial charge on any atom is -0.326 e. The zero-order chi connectivity index (χ0) is 13.8. The number of benzene rings is 1. The molecule has 0 spiro atoms. The minimum atomic E-state index is -4.31. The summed E-state index contributed by atoms with van der Waals surface area (Å²) in [6.07, 6.45) is -5.95. The van der Waals surface area contributed by atoms with Gasteiger partial charge in [0.2, 0.25) is 5.91 Å². The van der Waals surface area contributed by atoms with Gasteiger partial charge in [-0.1, -0.05) is 12.1 Å². The summed E-state index contributed by atoms with van der Waals surface area (Å²) < 4.78 is 36.0. The summed E-state index contributed by atoms with van der Waals surface area (Å²) in [6.45, 7) is 0.381. The predicted molar refractivity (Wildman–Crippen MR) is 63.0 cm³/mol. The maximum atomic E-state index is 12.0. The van der Waals surface area contributed by atoms with E-state index in [2.05, 4.69) is 0 Å². The maximum Gasteiger partial charge on any atom is 0.389 e. The van der Waals surface area contributed by atoms with Crippen molar-refractivity contribution in [2.24, 2.45) is 5.73 Å². The fraction of sp³-hybridized carbons (Fsp3) is 0.417. The number of nitrogens with zero attached hydrogens (tertiary/aromatic N) is 1. The van der Waals surface area contributed by atoms with Crippen LogP contribution >= 0.6 is 0 Å². The maximum absolute atomic E-state index is 12.0. The Morgan fingerprint density at radius 3 is 2.28 bits per heavy atom. The SMILES string of the molecule is CN(C(=O)CCC(F)(F)F)c1ccc(CN)cc1. The number of alkyl halides is 3. The smallest absolute Gasteiger partial charge is 0.326 e. The summed E-state index contributed by atoms with van der Waals surface area (Å²) in [7, 11) is 1.45. The summed E-state index contributed by atoms with van der Waals surface area (Å²) in [4.78, 5) is 12.8. The van der Waals surface area contributed by atoms with Crippen LogP contribution in [0.1, 0.15) is 18.4 Å².